The Balaban J connectivity index is 1.43. The van der Waals surface area contributed by atoms with Gasteiger partial charge < -0.3 is 9.47 Å². The van der Waals surface area contributed by atoms with Crippen LogP contribution in [-0.2, 0) is 0 Å². The second kappa shape index (κ2) is 11.7. The standard InChI is InChI=1S/C44H36N2/c1-31-16-12-14-24-41(31)45(37-21-10-5-11-22-37)43-30-44-40(26-32(43)2)39-23-13-15-25-42(39)46(44)38-28-35(33-17-6-3-7-18-33)27-36(29-38)34-19-8-4-9-20-34/h3-8,10-19,21-30H,9,20H2,1-2H3. The molecule has 7 aromatic rings. The molecule has 0 saturated carbocycles. The van der Waals surface area contributed by atoms with Crippen molar-refractivity contribution >= 4 is 44.4 Å². The maximum absolute atomic E-state index is 2.48. The second-order valence-electron chi connectivity index (χ2n) is 12.3. The van der Waals surface area contributed by atoms with Crippen molar-refractivity contribution in [2.75, 3.05) is 4.90 Å². The van der Waals surface area contributed by atoms with Crippen LogP contribution < -0.4 is 4.90 Å². The third-order valence-corrected chi connectivity index (χ3v) is 9.27. The lowest BCUT2D eigenvalue weighted by Crippen LogP contribution is -2.12. The molecule has 1 aliphatic rings. The Morgan fingerprint density at radius 3 is 2.04 bits per heavy atom. The second-order valence-corrected chi connectivity index (χ2v) is 12.3. The average molecular weight is 593 g/mol. The lowest BCUT2D eigenvalue weighted by Gasteiger charge is -2.28. The van der Waals surface area contributed by atoms with Crippen LogP contribution in [0.4, 0.5) is 17.1 Å². The van der Waals surface area contributed by atoms with Gasteiger partial charge in [-0.1, -0.05) is 103 Å². The smallest absolute Gasteiger partial charge is 0.0562 e. The minimum atomic E-state index is 1.05. The zero-order valence-corrected chi connectivity index (χ0v) is 26.3. The van der Waals surface area contributed by atoms with Gasteiger partial charge in [0.1, 0.15) is 0 Å². The summed E-state index contributed by atoms with van der Waals surface area (Å²) in [5.74, 6) is 0. The van der Waals surface area contributed by atoms with Crippen LogP contribution in [0.25, 0.3) is 44.2 Å². The first-order valence-electron chi connectivity index (χ1n) is 16.2. The summed E-state index contributed by atoms with van der Waals surface area (Å²) in [6.07, 6.45) is 8.86. The number of fused-ring (bicyclic) bond motifs is 3. The van der Waals surface area contributed by atoms with Crippen molar-refractivity contribution in [1.82, 2.24) is 4.57 Å². The van der Waals surface area contributed by atoms with Gasteiger partial charge in [-0.05, 0) is 115 Å². The van der Waals surface area contributed by atoms with E-state index in [0.717, 1.165) is 18.5 Å². The molecule has 0 unspecified atom stereocenters. The number of aromatic nitrogens is 1. The largest absolute Gasteiger partial charge is 0.310 e. The topological polar surface area (TPSA) is 8.17 Å². The normalized spacial score (nSPS) is 12.9. The number of para-hydroxylation sites is 3. The van der Waals surface area contributed by atoms with Gasteiger partial charge >= 0.3 is 0 Å². The lowest BCUT2D eigenvalue weighted by molar-refractivity contribution is 1.05. The number of anilines is 3. The molecule has 0 saturated heterocycles. The Labute approximate surface area is 271 Å². The van der Waals surface area contributed by atoms with Crippen LogP contribution in [0.2, 0.25) is 0 Å². The Kier molecular flexibility index (Phi) is 7.11. The van der Waals surface area contributed by atoms with Crippen LogP contribution in [-0.4, -0.2) is 4.57 Å². The third-order valence-electron chi connectivity index (χ3n) is 9.27. The molecule has 8 rings (SSSR count). The molecule has 0 bridgehead atoms. The molecule has 0 fully saturated rings. The fraction of sp³-hybridized carbons (Fsp3) is 0.0909. The SMILES string of the molecule is Cc1ccccc1N(c1ccccc1)c1cc2c(cc1C)c1ccccc1n2-c1cc(C2=CC=CCC2)cc(-c2ccccc2)c1. The molecule has 0 N–H and O–H groups in total. The summed E-state index contributed by atoms with van der Waals surface area (Å²) in [6, 6.07) is 50.9. The molecule has 0 aliphatic heterocycles. The number of hydrogen-bond acceptors (Lipinski definition) is 1. The summed E-state index contributed by atoms with van der Waals surface area (Å²) in [5, 5.41) is 2.53. The van der Waals surface area contributed by atoms with Crippen LogP contribution >= 0.6 is 0 Å². The highest BCUT2D eigenvalue weighted by molar-refractivity contribution is 6.11. The predicted molar refractivity (Wildman–Crippen MR) is 197 cm³/mol. The highest BCUT2D eigenvalue weighted by atomic mass is 15.1. The van der Waals surface area contributed by atoms with Gasteiger partial charge in [-0.3, -0.25) is 0 Å². The van der Waals surface area contributed by atoms with Crippen LogP contribution in [0.1, 0.15) is 29.5 Å². The van der Waals surface area contributed by atoms with Gasteiger partial charge in [-0.25, -0.2) is 0 Å². The average Bonchev–Trinajstić information content (AvgIpc) is 3.43. The van der Waals surface area contributed by atoms with E-state index in [1.165, 1.54) is 72.3 Å². The summed E-state index contributed by atoms with van der Waals surface area (Å²) in [5.41, 5.74) is 14.7. The first kappa shape index (κ1) is 27.9. The predicted octanol–water partition coefficient (Wildman–Crippen LogP) is 12.3. The van der Waals surface area contributed by atoms with Gasteiger partial charge in [0.05, 0.1) is 16.7 Å². The van der Waals surface area contributed by atoms with E-state index in [1.807, 2.05) is 0 Å². The number of rotatable bonds is 6. The molecule has 222 valence electrons. The highest BCUT2D eigenvalue weighted by Crippen LogP contribution is 2.43. The van der Waals surface area contributed by atoms with E-state index < -0.39 is 0 Å². The maximum atomic E-state index is 2.48. The molecule has 0 radical (unpaired) electrons. The summed E-state index contributed by atoms with van der Waals surface area (Å²) >= 11 is 0. The molecule has 0 atom stereocenters. The number of aryl methyl sites for hydroxylation is 2. The molecular weight excluding hydrogens is 556 g/mol. The van der Waals surface area contributed by atoms with E-state index in [4.69, 9.17) is 0 Å². The quantitative estimate of drug-likeness (QED) is 0.186. The van der Waals surface area contributed by atoms with Gasteiger partial charge in [0.25, 0.3) is 0 Å². The van der Waals surface area contributed by atoms with E-state index in [1.54, 1.807) is 0 Å². The molecule has 1 aromatic heterocycles. The Morgan fingerprint density at radius 1 is 0.543 bits per heavy atom. The van der Waals surface area contributed by atoms with Crippen molar-refractivity contribution < 1.29 is 0 Å². The molecular formula is C44H36N2. The van der Waals surface area contributed by atoms with Gasteiger partial charge in [-0.15, -0.1) is 0 Å². The van der Waals surface area contributed by atoms with Gasteiger partial charge in [0.2, 0.25) is 0 Å². The Morgan fingerprint density at radius 2 is 1.26 bits per heavy atom. The van der Waals surface area contributed by atoms with Crippen LogP contribution in [0.15, 0.2) is 158 Å². The van der Waals surface area contributed by atoms with Crippen LogP contribution in [0, 0.1) is 13.8 Å². The summed E-state index contributed by atoms with van der Waals surface area (Å²) in [7, 11) is 0. The number of hydrogen-bond donors (Lipinski definition) is 0. The van der Waals surface area contributed by atoms with Crippen molar-refractivity contribution in [2.45, 2.75) is 26.7 Å². The van der Waals surface area contributed by atoms with E-state index in [2.05, 4.69) is 181 Å². The van der Waals surface area contributed by atoms with Crippen molar-refractivity contribution in [3.63, 3.8) is 0 Å². The Hall–Kier alpha value is -5.60. The first-order valence-corrected chi connectivity index (χ1v) is 16.2. The summed E-state index contributed by atoms with van der Waals surface area (Å²) in [6.45, 7) is 4.44. The van der Waals surface area contributed by atoms with Crippen molar-refractivity contribution in [3.05, 3.63) is 174 Å². The lowest BCUT2D eigenvalue weighted by atomic mass is 9.93. The van der Waals surface area contributed by atoms with Crippen LogP contribution in [0.5, 0.6) is 0 Å². The van der Waals surface area contributed by atoms with E-state index in [-0.39, 0.29) is 0 Å². The van der Waals surface area contributed by atoms with Crippen molar-refractivity contribution in [1.29, 1.82) is 0 Å². The zero-order valence-electron chi connectivity index (χ0n) is 26.3. The Bertz CT molecular complexity index is 2270. The fourth-order valence-electron chi connectivity index (χ4n) is 7.00. The van der Waals surface area contributed by atoms with E-state index in [0.29, 0.717) is 0 Å². The fourth-order valence-corrected chi connectivity index (χ4v) is 7.00. The first-order chi connectivity index (χ1) is 22.7. The highest BCUT2D eigenvalue weighted by Gasteiger charge is 2.21. The number of benzene rings is 6. The molecule has 1 heterocycles. The van der Waals surface area contributed by atoms with Gasteiger partial charge in [0, 0.05) is 27.8 Å². The monoisotopic (exact) mass is 592 g/mol. The molecule has 1 aliphatic carbocycles. The summed E-state index contributed by atoms with van der Waals surface area (Å²) < 4.78 is 2.48. The van der Waals surface area contributed by atoms with E-state index >= 15 is 0 Å². The third kappa shape index (κ3) is 4.93. The van der Waals surface area contributed by atoms with E-state index in [9.17, 15) is 0 Å². The minimum Gasteiger partial charge on any atom is -0.310 e. The molecule has 6 aromatic carbocycles. The van der Waals surface area contributed by atoms with Crippen molar-refractivity contribution in [3.8, 4) is 16.8 Å². The molecule has 0 amide bonds. The molecule has 0 spiro atoms. The van der Waals surface area contributed by atoms with Gasteiger partial charge in [0.15, 0.2) is 0 Å². The minimum absolute atomic E-state index is 1.05. The molecule has 46 heavy (non-hydrogen) atoms. The molecule has 2 heteroatoms. The van der Waals surface area contributed by atoms with Crippen LogP contribution in [0.3, 0.4) is 0 Å². The number of nitrogens with zero attached hydrogens (tertiary/aromatic N) is 2. The van der Waals surface area contributed by atoms with Gasteiger partial charge in [-0.2, -0.15) is 0 Å². The van der Waals surface area contributed by atoms with Crippen molar-refractivity contribution in [2.24, 2.45) is 0 Å². The molecule has 2 nitrogen and oxygen atoms in total. The zero-order chi connectivity index (χ0) is 31.0. The maximum Gasteiger partial charge on any atom is 0.0562 e. The number of allylic oxidation sites excluding steroid dienone is 4. The summed E-state index contributed by atoms with van der Waals surface area (Å²) in [4.78, 5) is 2.41.